The van der Waals surface area contributed by atoms with E-state index in [1.54, 1.807) is 0 Å². The second-order valence-electron chi connectivity index (χ2n) is 3.81. The van der Waals surface area contributed by atoms with Crippen LogP contribution in [0.5, 0.6) is 0 Å². The average molecular weight is 211 g/mol. The van der Waals surface area contributed by atoms with Gasteiger partial charge < -0.3 is 15.6 Å². The summed E-state index contributed by atoms with van der Waals surface area (Å²) in [5, 5.41) is 3.19. The second-order valence-corrected chi connectivity index (χ2v) is 3.81. The summed E-state index contributed by atoms with van der Waals surface area (Å²) < 4.78 is 14.5. The van der Waals surface area contributed by atoms with Gasteiger partial charge in [0.15, 0.2) is 0 Å². The minimum absolute atomic E-state index is 0.0199. The Hall–Kier alpha value is -1.36. The number of nitrogens with zero attached hydrogens (tertiary/aromatic N) is 1. The van der Waals surface area contributed by atoms with E-state index < -0.39 is 5.82 Å². The summed E-state index contributed by atoms with van der Waals surface area (Å²) in [6.07, 6.45) is 2.92. The third kappa shape index (κ3) is 2.02. The van der Waals surface area contributed by atoms with Crippen LogP contribution in [0, 0.1) is 5.82 Å². The Morgan fingerprint density at radius 3 is 2.80 bits per heavy atom. The highest BCUT2D eigenvalue weighted by atomic mass is 19.1. The predicted octanol–water partition coefficient (Wildman–Crippen LogP) is 0.494. The van der Waals surface area contributed by atoms with Gasteiger partial charge >= 0.3 is 0 Å². The van der Waals surface area contributed by atoms with Gasteiger partial charge in [-0.25, -0.2) is 4.39 Å². The van der Waals surface area contributed by atoms with Crippen LogP contribution in [0.15, 0.2) is 17.1 Å². The van der Waals surface area contributed by atoms with E-state index in [4.69, 9.17) is 5.73 Å². The molecule has 0 amide bonds. The quantitative estimate of drug-likeness (QED) is 0.711. The molecule has 0 radical (unpaired) electrons. The summed E-state index contributed by atoms with van der Waals surface area (Å²) in [5.74, 6) is -0.453. The Balaban J connectivity index is 2.38. The summed E-state index contributed by atoms with van der Waals surface area (Å²) in [7, 11) is 0. The molecular weight excluding hydrogens is 197 g/mol. The maximum absolute atomic E-state index is 13.1. The highest BCUT2D eigenvalue weighted by Crippen LogP contribution is 2.17. The zero-order chi connectivity index (χ0) is 10.8. The van der Waals surface area contributed by atoms with Gasteiger partial charge in [-0.2, -0.15) is 0 Å². The minimum Gasteiger partial charge on any atom is -0.394 e. The molecule has 0 spiro atoms. The molecule has 0 aliphatic carbocycles. The highest BCUT2D eigenvalue weighted by Gasteiger charge is 2.17. The van der Waals surface area contributed by atoms with Crippen LogP contribution in [0.25, 0.3) is 0 Å². The van der Waals surface area contributed by atoms with Gasteiger partial charge in [-0.3, -0.25) is 4.79 Å². The minimum atomic E-state index is -0.453. The van der Waals surface area contributed by atoms with E-state index in [9.17, 15) is 9.18 Å². The lowest BCUT2D eigenvalue weighted by atomic mass is 10.1. The first kappa shape index (κ1) is 10.2. The molecule has 1 aromatic rings. The van der Waals surface area contributed by atoms with Gasteiger partial charge in [-0.1, -0.05) is 0 Å². The molecule has 2 rings (SSSR count). The Morgan fingerprint density at radius 2 is 2.13 bits per heavy atom. The highest BCUT2D eigenvalue weighted by molar-refractivity contribution is 5.34. The van der Waals surface area contributed by atoms with Crippen LogP contribution in [0.2, 0.25) is 0 Å². The van der Waals surface area contributed by atoms with Gasteiger partial charge in [0, 0.05) is 18.3 Å². The van der Waals surface area contributed by atoms with Crippen molar-refractivity contribution in [1.82, 2.24) is 9.88 Å². The van der Waals surface area contributed by atoms with E-state index in [2.05, 4.69) is 5.32 Å². The van der Waals surface area contributed by atoms with Crippen LogP contribution >= 0.6 is 0 Å². The number of halogens is 1. The maximum Gasteiger partial charge on any atom is 0.274 e. The number of nitrogens with one attached hydrogen (secondary N) is 1. The van der Waals surface area contributed by atoms with Gasteiger partial charge in [0.1, 0.15) is 11.5 Å². The molecule has 5 heteroatoms. The molecule has 82 valence electrons. The zero-order valence-electron chi connectivity index (χ0n) is 8.37. The van der Waals surface area contributed by atoms with Crippen molar-refractivity contribution in [3.05, 3.63) is 28.4 Å². The fourth-order valence-corrected chi connectivity index (χ4v) is 1.94. The molecule has 1 aliphatic heterocycles. The summed E-state index contributed by atoms with van der Waals surface area (Å²) in [4.78, 5) is 11.7. The molecule has 0 unspecified atom stereocenters. The van der Waals surface area contributed by atoms with Crippen molar-refractivity contribution in [2.24, 2.45) is 0 Å². The van der Waals surface area contributed by atoms with Crippen molar-refractivity contribution >= 4 is 5.69 Å². The van der Waals surface area contributed by atoms with E-state index >= 15 is 0 Å². The standard InChI is InChI=1S/C10H14FN3O/c11-7-5-9(12)10(15)14(6-7)8-1-3-13-4-2-8/h5-6,8,13H,1-4,12H2. The van der Waals surface area contributed by atoms with Crippen molar-refractivity contribution in [3.63, 3.8) is 0 Å². The number of aromatic nitrogens is 1. The van der Waals surface area contributed by atoms with E-state index in [0.29, 0.717) is 0 Å². The molecule has 1 aliphatic rings. The number of hydrogen-bond acceptors (Lipinski definition) is 3. The largest absolute Gasteiger partial charge is 0.394 e. The lowest BCUT2D eigenvalue weighted by molar-refractivity contribution is 0.356. The first-order valence-electron chi connectivity index (χ1n) is 5.06. The lowest BCUT2D eigenvalue weighted by Crippen LogP contribution is -2.34. The third-order valence-corrected chi connectivity index (χ3v) is 2.74. The number of nitrogen functional groups attached to an aromatic ring is 1. The first-order chi connectivity index (χ1) is 7.18. The summed E-state index contributed by atoms with van der Waals surface area (Å²) >= 11 is 0. The average Bonchev–Trinajstić information content (AvgIpc) is 2.24. The number of anilines is 1. The van der Waals surface area contributed by atoms with Crippen LogP contribution < -0.4 is 16.6 Å². The normalized spacial score (nSPS) is 17.9. The maximum atomic E-state index is 13.1. The molecule has 0 aromatic carbocycles. The molecular formula is C10H14FN3O. The summed E-state index contributed by atoms with van der Waals surface area (Å²) in [6, 6.07) is 1.14. The first-order valence-corrected chi connectivity index (χ1v) is 5.06. The summed E-state index contributed by atoms with van der Waals surface area (Å²) in [6.45, 7) is 1.71. The van der Waals surface area contributed by atoms with Crippen LogP contribution in [-0.4, -0.2) is 17.7 Å². The lowest BCUT2D eigenvalue weighted by Gasteiger charge is -2.24. The van der Waals surface area contributed by atoms with Crippen LogP contribution in [0.1, 0.15) is 18.9 Å². The van der Waals surface area contributed by atoms with Gasteiger partial charge in [0.2, 0.25) is 0 Å². The SMILES string of the molecule is Nc1cc(F)cn(C2CCNCC2)c1=O. The second kappa shape index (κ2) is 4.02. The number of rotatable bonds is 1. The molecule has 1 fully saturated rings. The molecule has 0 atom stereocenters. The zero-order valence-corrected chi connectivity index (χ0v) is 8.37. The Kier molecular flexibility index (Phi) is 2.73. The molecule has 2 heterocycles. The van der Waals surface area contributed by atoms with E-state index in [1.807, 2.05) is 0 Å². The fraction of sp³-hybridized carbons (Fsp3) is 0.500. The molecule has 0 bridgehead atoms. The Labute approximate surface area is 86.9 Å². The van der Waals surface area contributed by atoms with Crippen molar-refractivity contribution in [2.45, 2.75) is 18.9 Å². The Morgan fingerprint density at radius 1 is 1.47 bits per heavy atom. The van der Waals surface area contributed by atoms with Gasteiger partial charge in [-0.15, -0.1) is 0 Å². The van der Waals surface area contributed by atoms with Gasteiger partial charge in [0.25, 0.3) is 5.56 Å². The predicted molar refractivity (Wildman–Crippen MR) is 56.2 cm³/mol. The van der Waals surface area contributed by atoms with Crippen molar-refractivity contribution < 1.29 is 4.39 Å². The molecule has 15 heavy (non-hydrogen) atoms. The van der Waals surface area contributed by atoms with Crippen LogP contribution in [0.3, 0.4) is 0 Å². The van der Waals surface area contributed by atoms with E-state index in [0.717, 1.165) is 32.0 Å². The number of piperidine rings is 1. The van der Waals surface area contributed by atoms with Crippen LogP contribution in [0.4, 0.5) is 10.1 Å². The fourth-order valence-electron chi connectivity index (χ4n) is 1.94. The third-order valence-electron chi connectivity index (χ3n) is 2.74. The van der Waals surface area contributed by atoms with Crippen molar-refractivity contribution in [1.29, 1.82) is 0 Å². The molecule has 3 N–H and O–H groups in total. The van der Waals surface area contributed by atoms with Crippen molar-refractivity contribution in [2.75, 3.05) is 18.8 Å². The van der Waals surface area contributed by atoms with Crippen LogP contribution in [-0.2, 0) is 0 Å². The Bertz CT molecular complexity index is 410. The molecule has 1 saturated heterocycles. The number of nitrogens with two attached hydrogens (primary N) is 1. The van der Waals surface area contributed by atoms with Gasteiger partial charge in [-0.05, 0) is 25.9 Å². The number of hydrogen-bond donors (Lipinski definition) is 2. The summed E-state index contributed by atoms with van der Waals surface area (Å²) in [5.41, 5.74) is 5.13. The van der Waals surface area contributed by atoms with Crippen molar-refractivity contribution in [3.8, 4) is 0 Å². The smallest absolute Gasteiger partial charge is 0.274 e. The van der Waals surface area contributed by atoms with E-state index in [1.165, 1.54) is 10.8 Å². The topological polar surface area (TPSA) is 60.0 Å². The molecule has 0 saturated carbocycles. The number of pyridine rings is 1. The monoisotopic (exact) mass is 211 g/mol. The molecule has 1 aromatic heterocycles. The van der Waals surface area contributed by atoms with Gasteiger partial charge in [0.05, 0.1) is 0 Å². The molecule has 4 nitrogen and oxygen atoms in total. The van der Waals surface area contributed by atoms with E-state index in [-0.39, 0.29) is 17.3 Å².